The zero-order valence-corrected chi connectivity index (χ0v) is 11.1. The highest BCUT2D eigenvalue weighted by Gasteiger charge is 1.95. The van der Waals surface area contributed by atoms with Crippen LogP contribution in [0.1, 0.15) is 39.5 Å². The van der Waals surface area contributed by atoms with E-state index in [4.69, 9.17) is 9.84 Å². The molecule has 0 radical (unpaired) electrons. The summed E-state index contributed by atoms with van der Waals surface area (Å²) in [5.41, 5.74) is 0. The van der Waals surface area contributed by atoms with E-state index in [1.165, 1.54) is 25.7 Å². The van der Waals surface area contributed by atoms with E-state index in [0.717, 1.165) is 19.3 Å². The van der Waals surface area contributed by atoms with Crippen LogP contribution in [-0.4, -0.2) is 37.5 Å². The van der Waals surface area contributed by atoms with Crippen molar-refractivity contribution in [2.75, 3.05) is 26.4 Å². The quantitative estimate of drug-likeness (QED) is 0.597. The molecule has 1 fully saturated rings. The molecule has 0 unspecified atom stereocenters. The maximum Gasteiger partial charge on any atom is 0.330 e. The standard InChI is InChI=1S/C5H8O3.C4H10O.C4H8/c1-2-5(7)8-4-3-6;1-3-5-4-2;1-2-4-3-1/h2,6H,1,3-4H2;3-4H2,1-2H3;1-4H2. The molecule has 1 aliphatic rings. The van der Waals surface area contributed by atoms with Crippen LogP contribution in [0, 0.1) is 0 Å². The molecule has 1 rings (SSSR count). The Labute approximate surface area is 105 Å². The van der Waals surface area contributed by atoms with E-state index in [1.807, 2.05) is 13.8 Å². The Bertz CT molecular complexity index is 159. The monoisotopic (exact) mass is 246 g/mol. The molecule has 0 aliphatic heterocycles. The van der Waals surface area contributed by atoms with Crippen LogP contribution >= 0.6 is 0 Å². The van der Waals surface area contributed by atoms with Crippen molar-refractivity contribution in [3.63, 3.8) is 0 Å². The van der Waals surface area contributed by atoms with Gasteiger partial charge in [0.2, 0.25) is 0 Å². The Morgan fingerprint density at radius 2 is 1.71 bits per heavy atom. The predicted molar refractivity (Wildman–Crippen MR) is 68.9 cm³/mol. The second-order valence-electron chi connectivity index (χ2n) is 3.29. The van der Waals surface area contributed by atoms with Crippen molar-refractivity contribution in [1.82, 2.24) is 0 Å². The van der Waals surface area contributed by atoms with Gasteiger partial charge in [0.25, 0.3) is 0 Å². The van der Waals surface area contributed by atoms with Crippen LogP contribution < -0.4 is 0 Å². The zero-order chi connectivity index (χ0) is 13.4. The van der Waals surface area contributed by atoms with Gasteiger partial charge in [-0.15, -0.1) is 0 Å². The van der Waals surface area contributed by atoms with E-state index in [-0.39, 0.29) is 13.2 Å². The second-order valence-corrected chi connectivity index (χ2v) is 3.29. The Balaban J connectivity index is 0. The summed E-state index contributed by atoms with van der Waals surface area (Å²) in [6, 6.07) is 0. The lowest BCUT2D eigenvalue weighted by molar-refractivity contribution is -0.138. The Hall–Kier alpha value is -0.870. The molecule has 0 amide bonds. The summed E-state index contributed by atoms with van der Waals surface area (Å²) in [7, 11) is 0. The van der Waals surface area contributed by atoms with Gasteiger partial charge in [-0.1, -0.05) is 32.3 Å². The van der Waals surface area contributed by atoms with Crippen molar-refractivity contribution in [1.29, 1.82) is 0 Å². The summed E-state index contributed by atoms with van der Waals surface area (Å²) in [5.74, 6) is -0.501. The maximum atomic E-state index is 10.1. The summed E-state index contributed by atoms with van der Waals surface area (Å²) in [5, 5.41) is 8.10. The van der Waals surface area contributed by atoms with E-state index in [9.17, 15) is 4.79 Å². The molecule has 0 bridgehead atoms. The van der Waals surface area contributed by atoms with Gasteiger partial charge in [0.15, 0.2) is 0 Å². The van der Waals surface area contributed by atoms with Crippen LogP contribution in [-0.2, 0) is 14.3 Å². The fourth-order valence-electron chi connectivity index (χ4n) is 0.659. The predicted octanol–water partition coefficient (Wildman–Crippen LogP) is 2.31. The van der Waals surface area contributed by atoms with Crippen LogP contribution in [0.2, 0.25) is 0 Å². The first kappa shape index (κ1) is 18.5. The summed E-state index contributed by atoms with van der Waals surface area (Å²) in [4.78, 5) is 10.1. The van der Waals surface area contributed by atoms with Crippen molar-refractivity contribution in [2.24, 2.45) is 0 Å². The number of carbonyl (C=O) groups excluding carboxylic acids is 1. The van der Waals surface area contributed by atoms with Crippen molar-refractivity contribution in [3.8, 4) is 0 Å². The van der Waals surface area contributed by atoms with E-state index >= 15 is 0 Å². The Morgan fingerprint density at radius 1 is 1.24 bits per heavy atom. The third-order valence-corrected chi connectivity index (χ3v) is 1.91. The molecule has 1 N–H and O–H groups in total. The second kappa shape index (κ2) is 17.5. The van der Waals surface area contributed by atoms with Gasteiger partial charge >= 0.3 is 5.97 Å². The van der Waals surface area contributed by atoms with Crippen LogP contribution in [0.15, 0.2) is 12.7 Å². The first-order chi connectivity index (χ1) is 8.22. The molecule has 0 aromatic carbocycles. The van der Waals surface area contributed by atoms with Crippen molar-refractivity contribution >= 4 is 5.97 Å². The summed E-state index contributed by atoms with van der Waals surface area (Å²) < 4.78 is 9.17. The molecule has 0 spiro atoms. The maximum absolute atomic E-state index is 10.1. The fraction of sp³-hybridized carbons (Fsp3) is 0.769. The number of hydrogen-bond acceptors (Lipinski definition) is 4. The van der Waals surface area contributed by atoms with Crippen LogP contribution in [0.4, 0.5) is 0 Å². The highest BCUT2D eigenvalue weighted by molar-refractivity contribution is 5.81. The van der Waals surface area contributed by atoms with E-state index in [0.29, 0.717) is 0 Å². The van der Waals surface area contributed by atoms with Crippen LogP contribution in [0.25, 0.3) is 0 Å². The van der Waals surface area contributed by atoms with Gasteiger partial charge < -0.3 is 14.6 Å². The molecule has 102 valence electrons. The molecule has 0 aromatic heterocycles. The normalized spacial score (nSPS) is 11.9. The lowest BCUT2D eigenvalue weighted by atomic mass is 10.0. The first-order valence-electron chi connectivity index (χ1n) is 6.20. The van der Waals surface area contributed by atoms with Gasteiger partial charge in [-0.25, -0.2) is 4.79 Å². The minimum atomic E-state index is -0.501. The number of carbonyl (C=O) groups is 1. The smallest absolute Gasteiger partial charge is 0.330 e. The van der Waals surface area contributed by atoms with Gasteiger partial charge in [-0.05, 0) is 13.8 Å². The van der Waals surface area contributed by atoms with Crippen molar-refractivity contribution < 1.29 is 19.4 Å². The van der Waals surface area contributed by atoms with Crippen molar-refractivity contribution in [3.05, 3.63) is 12.7 Å². The molecule has 0 heterocycles. The molecule has 4 nitrogen and oxygen atoms in total. The first-order valence-corrected chi connectivity index (χ1v) is 6.20. The largest absolute Gasteiger partial charge is 0.460 e. The molecule has 0 saturated heterocycles. The number of aliphatic hydroxyl groups excluding tert-OH is 1. The number of rotatable bonds is 5. The molecule has 0 aromatic rings. The summed E-state index contributed by atoms with van der Waals surface area (Å²) >= 11 is 0. The third-order valence-electron chi connectivity index (χ3n) is 1.91. The molecular weight excluding hydrogens is 220 g/mol. The van der Waals surface area contributed by atoms with E-state index in [1.54, 1.807) is 0 Å². The molecule has 4 heteroatoms. The number of aliphatic hydroxyl groups is 1. The zero-order valence-electron chi connectivity index (χ0n) is 11.1. The average Bonchev–Trinajstić information content (AvgIpc) is 2.25. The Kier molecular flexibility index (Phi) is 19.1. The van der Waals surface area contributed by atoms with Crippen molar-refractivity contribution in [2.45, 2.75) is 39.5 Å². The Morgan fingerprint density at radius 3 is 1.88 bits per heavy atom. The number of esters is 1. The molecule has 17 heavy (non-hydrogen) atoms. The number of ether oxygens (including phenoxy) is 2. The van der Waals surface area contributed by atoms with Gasteiger partial charge in [0.1, 0.15) is 6.61 Å². The lowest BCUT2D eigenvalue weighted by Crippen LogP contribution is -2.04. The van der Waals surface area contributed by atoms with E-state index in [2.05, 4.69) is 11.3 Å². The number of hydrogen-bond donors (Lipinski definition) is 1. The molecular formula is C13H26O4. The minimum absolute atomic E-state index is 0.0465. The highest BCUT2D eigenvalue weighted by Crippen LogP contribution is 2.15. The van der Waals surface area contributed by atoms with E-state index < -0.39 is 5.97 Å². The third kappa shape index (κ3) is 21.1. The lowest BCUT2D eigenvalue weighted by Gasteiger charge is -2.05. The van der Waals surface area contributed by atoms with Gasteiger partial charge in [-0.3, -0.25) is 0 Å². The molecule has 0 atom stereocenters. The SMILES string of the molecule is C1CCC1.C=CC(=O)OCCO.CCOCC. The van der Waals surface area contributed by atoms with Crippen LogP contribution in [0.5, 0.6) is 0 Å². The summed E-state index contributed by atoms with van der Waals surface area (Å²) in [6.45, 7) is 8.73. The summed E-state index contributed by atoms with van der Waals surface area (Å²) in [6.07, 6.45) is 7.05. The molecule has 1 aliphatic carbocycles. The van der Waals surface area contributed by atoms with Crippen LogP contribution in [0.3, 0.4) is 0 Å². The molecule has 1 saturated carbocycles. The minimum Gasteiger partial charge on any atom is -0.460 e. The van der Waals surface area contributed by atoms with Gasteiger partial charge in [-0.2, -0.15) is 0 Å². The van der Waals surface area contributed by atoms with Gasteiger partial charge in [0.05, 0.1) is 6.61 Å². The topological polar surface area (TPSA) is 55.8 Å². The average molecular weight is 246 g/mol. The highest BCUT2D eigenvalue weighted by atomic mass is 16.5. The van der Waals surface area contributed by atoms with Gasteiger partial charge in [0, 0.05) is 19.3 Å². The fourth-order valence-corrected chi connectivity index (χ4v) is 0.659.